The normalized spacial score (nSPS) is 11.3. The zero-order valence-electron chi connectivity index (χ0n) is 15.0. The monoisotopic (exact) mass is 351 g/mol. The molecule has 0 aliphatic rings. The highest BCUT2D eigenvalue weighted by atomic mass is 16.5. The number of likely N-dealkylation sites (N-methyl/N-ethyl adjacent to an activating group) is 2. The van der Waals surface area contributed by atoms with Crippen LogP contribution in [-0.4, -0.2) is 57.6 Å². The molecule has 3 amide bonds. The smallest absolute Gasteiger partial charge is 0.279 e. The average molecular weight is 351 g/mol. The van der Waals surface area contributed by atoms with Gasteiger partial charge in [-0.3, -0.25) is 14.4 Å². The lowest BCUT2D eigenvalue weighted by Gasteiger charge is -2.17. The Labute approximate surface area is 147 Å². The summed E-state index contributed by atoms with van der Waals surface area (Å²) in [6, 6.07) is 7.02. The van der Waals surface area contributed by atoms with Gasteiger partial charge < -0.3 is 25.6 Å². The van der Waals surface area contributed by atoms with Crippen LogP contribution in [0.1, 0.15) is 13.8 Å². The molecule has 1 aromatic carbocycles. The van der Waals surface area contributed by atoms with Gasteiger partial charge in [0.15, 0.2) is 13.1 Å². The first-order valence-corrected chi connectivity index (χ1v) is 8.29. The number of hydrogen-bond donors (Lipinski definition) is 4. The second-order valence-corrected chi connectivity index (χ2v) is 5.46. The van der Waals surface area contributed by atoms with Gasteiger partial charge in [-0.25, -0.2) is 0 Å². The van der Waals surface area contributed by atoms with Gasteiger partial charge in [-0.1, -0.05) is 0 Å². The number of hydrogen-bond acceptors (Lipinski definition) is 4. The molecule has 1 rings (SSSR count). The first-order chi connectivity index (χ1) is 12.0. The molecule has 0 aromatic heterocycles. The van der Waals surface area contributed by atoms with Crippen LogP contribution in [0.3, 0.4) is 0 Å². The molecule has 8 nitrogen and oxygen atoms in total. The Hall–Kier alpha value is -2.61. The van der Waals surface area contributed by atoms with Gasteiger partial charge in [0.1, 0.15) is 5.75 Å². The molecule has 0 spiro atoms. The number of methoxy groups -OCH3 is 1. The van der Waals surface area contributed by atoms with Gasteiger partial charge in [-0.05, 0) is 38.1 Å². The van der Waals surface area contributed by atoms with Crippen molar-refractivity contribution in [2.45, 2.75) is 13.8 Å². The summed E-state index contributed by atoms with van der Waals surface area (Å²) < 4.78 is 5.07. The number of anilines is 1. The quantitative estimate of drug-likeness (QED) is 0.425. The van der Waals surface area contributed by atoms with E-state index in [0.29, 0.717) is 24.5 Å². The van der Waals surface area contributed by atoms with Gasteiger partial charge in [-0.2, -0.15) is 0 Å². The van der Waals surface area contributed by atoms with Gasteiger partial charge in [0.25, 0.3) is 11.8 Å². The Kier molecular flexibility index (Phi) is 9.02. The van der Waals surface area contributed by atoms with Crippen molar-refractivity contribution in [2.24, 2.45) is 0 Å². The maximum absolute atomic E-state index is 12.1. The van der Waals surface area contributed by atoms with Gasteiger partial charge in [0.2, 0.25) is 5.91 Å². The summed E-state index contributed by atoms with van der Waals surface area (Å²) in [7, 11) is 1.58. The highest BCUT2D eigenvalue weighted by Gasteiger charge is 2.17. The van der Waals surface area contributed by atoms with Crippen LogP contribution in [0.2, 0.25) is 0 Å². The molecule has 25 heavy (non-hydrogen) atoms. The summed E-state index contributed by atoms with van der Waals surface area (Å²) in [5.41, 5.74) is 0.668. The molecule has 1 aromatic rings. The van der Waals surface area contributed by atoms with Gasteiger partial charge in [-0.15, -0.1) is 0 Å². The minimum Gasteiger partial charge on any atom is -0.497 e. The van der Waals surface area contributed by atoms with Crippen molar-refractivity contribution < 1.29 is 24.0 Å². The molecule has 4 N–H and O–H groups in total. The first-order valence-electron chi connectivity index (χ1n) is 8.29. The standard InChI is InChI=1S/C17H26N4O4/c1-4-18-15(22)10-19-16(23)11-21(5-2)12-17(24)20-13-6-8-14(25-3)9-7-13/h6-9H,4-5,10-12H2,1-3H3,(H,18,22)(H,19,23)(H,20,24)/p+1. The minimum absolute atomic E-state index is 0.0539. The minimum atomic E-state index is -0.264. The first kappa shape index (κ1) is 20.4. The number of rotatable bonds is 10. The largest absolute Gasteiger partial charge is 0.497 e. The molecule has 0 heterocycles. The van der Waals surface area contributed by atoms with E-state index in [1.54, 1.807) is 31.4 Å². The van der Waals surface area contributed by atoms with Crippen molar-refractivity contribution in [3.8, 4) is 5.75 Å². The third kappa shape index (κ3) is 8.16. The van der Waals surface area contributed by atoms with Crippen LogP contribution in [-0.2, 0) is 14.4 Å². The van der Waals surface area contributed by atoms with Crippen molar-refractivity contribution in [2.75, 3.05) is 45.2 Å². The summed E-state index contributed by atoms with van der Waals surface area (Å²) >= 11 is 0. The van der Waals surface area contributed by atoms with E-state index < -0.39 is 0 Å². The molecular formula is C17H27N4O4+. The molecule has 0 fully saturated rings. The van der Waals surface area contributed by atoms with Crippen molar-refractivity contribution in [1.82, 2.24) is 10.6 Å². The predicted molar refractivity (Wildman–Crippen MR) is 94.6 cm³/mol. The Bertz CT molecular complexity index is 575. The number of amides is 3. The Morgan fingerprint density at radius 2 is 1.60 bits per heavy atom. The lowest BCUT2D eigenvalue weighted by Crippen LogP contribution is -3.14. The van der Waals surface area contributed by atoms with E-state index in [1.807, 2.05) is 13.8 Å². The van der Waals surface area contributed by atoms with Crippen molar-refractivity contribution in [1.29, 1.82) is 0 Å². The number of carbonyl (C=O) groups excluding carboxylic acids is 3. The van der Waals surface area contributed by atoms with Crippen LogP contribution in [0.5, 0.6) is 5.75 Å². The fraction of sp³-hybridized carbons (Fsp3) is 0.471. The summed E-state index contributed by atoms with van der Waals surface area (Å²) in [4.78, 5) is 36.1. The molecule has 0 radical (unpaired) electrons. The molecule has 1 unspecified atom stereocenters. The molecule has 0 aliphatic heterocycles. The zero-order valence-corrected chi connectivity index (χ0v) is 15.0. The predicted octanol–water partition coefficient (Wildman–Crippen LogP) is -1.21. The molecule has 0 aliphatic carbocycles. The topological polar surface area (TPSA) is 101 Å². The van der Waals surface area contributed by atoms with Crippen molar-refractivity contribution >= 4 is 23.4 Å². The zero-order chi connectivity index (χ0) is 18.7. The Morgan fingerprint density at radius 3 is 2.16 bits per heavy atom. The summed E-state index contributed by atoms with van der Waals surface area (Å²) in [5, 5.41) is 7.94. The van der Waals surface area contributed by atoms with E-state index in [-0.39, 0.29) is 37.4 Å². The van der Waals surface area contributed by atoms with E-state index in [0.717, 1.165) is 4.90 Å². The molecule has 0 bridgehead atoms. The molecule has 8 heteroatoms. The summed E-state index contributed by atoms with van der Waals surface area (Å²) in [6.07, 6.45) is 0. The number of ether oxygens (including phenoxy) is 1. The Balaban J connectivity index is 2.41. The van der Waals surface area contributed by atoms with Crippen LogP contribution >= 0.6 is 0 Å². The lowest BCUT2D eigenvalue weighted by molar-refractivity contribution is -0.881. The third-order valence-electron chi connectivity index (χ3n) is 3.51. The fourth-order valence-corrected chi connectivity index (χ4v) is 2.15. The van der Waals surface area contributed by atoms with Crippen LogP contribution in [0.15, 0.2) is 24.3 Å². The average Bonchev–Trinajstić information content (AvgIpc) is 2.60. The second-order valence-electron chi connectivity index (χ2n) is 5.46. The number of quaternary nitrogens is 1. The molecule has 0 saturated heterocycles. The van der Waals surface area contributed by atoms with E-state index in [9.17, 15) is 14.4 Å². The maximum Gasteiger partial charge on any atom is 0.279 e. The van der Waals surface area contributed by atoms with Crippen molar-refractivity contribution in [3.05, 3.63) is 24.3 Å². The summed E-state index contributed by atoms with van der Waals surface area (Å²) in [5.74, 6) is 0.0348. The number of nitrogens with one attached hydrogen (secondary N) is 4. The van der Waals surface area contributed by atoms with Crippen LogP contribution in [0, 0.1) is 0 Å². The van der Waals surface area contributed by atoms with Gasteiger partial charge in [0, 0.05) is 12.2 Å². The second kappa shape index (κ2) is 11.0. The lowest BCUT2D eigenvalue weighted by atomic mass is 10.3. The third-order valence-corrected chi connectivity index (χ3v) is 3.51. The van der Waals surface area contributed by atoms with Crippen LogP contribution in [0.4, 0.5) is 5.69 Å². The van der Waals surface area contributed by atoms with Crippen LogP contribution < -0.4 is 25.6 Å². The van der Waals surface area contributed by atoms with Crippen molar-refractivity contribution in [3.63, 3.8) is 0 Å². The molecule has 0 saturated carbocycles. The van der Waals surface area contributed by atoms with E-state index >= 15 is 0 Å². The van der Waals surface area contributed by atoms with Gasteiger partial charge in [0.05, 0.1) is 20.2 Å². The van der Waals surface area contributed by atoms with E-state index in [1.165, 1.54) is 0 Å². The van der Waals surface area contributed by atoms with E-state index in [4.69, 9.17) is 4.74 Å². The number of carbonyl (C=O) groups is 3. The fourth-order valence-electron chi connectivity index (χ4n) is 2.15. The highest BCUT2D eigenvalue weighted by molar-refractivity contribution is 5.91. The highest BCUT2D eigenvalue weighted by Crippen LogP contribution is 2.14. The summed E-state index contributed by atoms with van der Waals surface area (Å²) in [6.45, 7) is 5.08. The Morgan fingerprint density at radius 1 is 0.960 bits per heavy atom. The SMILES string of the molecule is CCNC(=O)CNC(=O)C[NH+](CC)CC(=O)Nc1ccc(OC)cc1. The molecule has 1 atom stereocenters. The molecular weight excluding hydrogens is 324 g/mol. The van der Waals surface area contributed by atoms with E-state index in [2.05, 4.69) is 16.0 Å². The van der Waals surface area contributed by atoms with Gasteiger partial charge >= 0.3 is 0 Å². The molecule has 138 valence electrons. The maximum atomic E-state index is 12.1. The number of benzene rings is 1. The van der Waals surface area contributed by atoms with Crippen LogP contribution in [0.25, 0.3) is 0 Å².